The average molecular weight is 171 g/mol. The monoisotopic (exact) mass is 171 g/mol. The van der Waals surface area contributed by atoms with Gasteiger partial charge in [0.05, 0.1) is 5.52 Å². The molecule has 2 aromatic rings. The zero-order chi connectivity index (χ0) is 9.10. The summed E-state index contributed by atoms with van der Waals surface area (Å²) >= 11 is 0. The molecule has 1 N–H and O–H groups in total. The van der Waals surface area contributed by atoms with Gasteiger partial charge in [0.15, 0.2) is 0 Å². The molecule has 3 nitrogen and oxygen atoms in total. The highest BCUT2D eigenvalue weighted by Crippen LogP contribution is 2.13. The Morgan fingerprint density at radius 3 is 2.85 bits per heavy atom. The first kappa shape index (κ1) is 7.73. The Labute approximate surface area is 75.4 Å². The number of benzene rings is 1. The molecule has 0 unspecified atom stereocenters. The van der Waals surface area contributed by atoms with E-state index in [1.807, 2.05) is 30.3 Å². The van der Waals surface area contributed by atoms with Crippen LogP contribution in [0.4, 0.5) is 5.82 Å². The van der Waals surface area contributed by atoms with Gasteiger partial charge in [-0.2, -0.15) is 0 Å². The van der Waals surface area contributed by atoms with Crippen molar-refractivity contribution < 1.29 is 4.79 Å². The Morgan fingerprint density at radius 2 is 2.00 bits per heavy atom. The molecule has 0 aliphatic rings. The Kier molecular flexibility index (Phi) is 1.92. The van der Waals surface area contributed by atoms with Crippen LogP contribution in [0.15, 0.2) is 36.4 Å². The predicted octanol–water partition coefficient (Wildman–Crippen LogP) is 1.71. The minimum atomic E-state index is 0.522. The normalized spacial score (nSPS) is 9.85. The molecule has 1 heterocycles. The number of hydrogen-bond acceptors (Lipinski definition) is 2. The van der Waals surface area contributed by atoms with Crippen molar-refractivity contribution in [2.45, 2.75) is 0 Å². The highest BCUT2D eigenvalue weighted by atomic mass is 16.1. The van der Waals surface area contributed by atoms with Gasteiger partial charge in [-0.3, -0.25) is 4.79 Å². The van der Waals surface area contributed by atoms with Crippen molar-refractivity contribution in [3.05, 3.63) is 36.4 Å². The highest BCUT2D eigenvalue weighted by molar-refractivity contribution is 5.82. The van der Waals surface area contributed by atoms with Crippen LogP contribution < -0.4 is 5.32 Å². The topological polar surface area (TPSA) is 42.0 Å². The molecule has 0 aliphatic carbocycles. The molecule has 2 rings (SSSR count). The zero-order valence-electron chi connectivity index (χ0n) is 6.82. The fourth-order valence-electron chi connectivity index (χ4n) is 1.19. The molecular formula is C10H7N2O. The fourth-order valence-corrected chi connectivity index (χ4v) is 1.19. The number of aromatic nitrogens is 1. The predicted molar refractivity (Wildman–Crippen MR) is 51.1 cm³/mol. The van der Waals surface area contributed by atoms with Crippen LogP contribution >= 0.6 is 0 Å². The molecule has 13 heavy (non-hydrogen) atoms. The summed E-state index contributed by atoms with van der Waals surface area (Å²) in [6, 6.07) is 11.4. The second kappa shape index (κ2) is 3.23. The third-order valence-corrected chi connectivity index (χ3v) is 1.78. The summed E-state index contributed by atoms with van der Waals surface area (Å²) in [7, 11) is 0. The lowest BCUT2D eigenvalue weighted by molar-refractivity contribution is 0.561. The maximum atomic E-state index is 10.0. The van der Waals surface area contributed by atoms with Crippen LogP contribution in [0.3, 0.4) is 0 Å². The minimum absolute atomic E-state index is 0.522. The maximum Gasteiger partial charge on any atom is 0.315 e. The molecule has 0 spiro atoms. The number of hydrogen-bond donors (Lipinski definition) is 1. The van der Waals surface area contributed by atoms with E-state index in [0.29, 0.717) is 5.82 Å². The van der Waals surface area contributed by atoms with Gasteiger partial charge in [-0.1, -0.05) is 18.2 Å². The summed E-state index contributed by atoms with van der Waals surface area (Å²) in [5, 5.41) is 3.44. The molecule has 3 heteroatoms. The van der Waals surface area contributed by atoms with Gasteiger partial charge in [-0.05, 0) is 18.2 Å². The van der Waals surface area contributed by atoms with Crippen molar-refractivity contribution >= 4 is 23.1 Å². The number of para-hydroxylation sites is 1. The van der Waals surface area contributed by atoms with Crippen molar-refractivity contribution in [3.8, 4) is 0 Å². The third-order valence-electron chi connectivity index (χ3n) is 1.78. The van der Waals surface area contributed by atoms with Crippen molar-refractivity contribution in [1.82, 2.24) is 4.98 Å². The van der Waals surface area contributed by atoms with Crippen molar-refractivity contribution in [2.24, 2.45) is 0 Å². The van der Waals surface area contributed by atoms with Crippen molar-refractivity contribution in [3.63, 3.8) is 0 Å². The van der Waals surface area contributed by atoms with Gasteiger partial charge in [-0.15, -0.1) is 0 Å². The number of nitrogens with one attached hydrogen (secondary N) is 1. The van der Waals surface area contributed by atoms with E-state index >= 15 is 0 Å². The smallest absolute Gasteiger partial charge is 0.302 e. The van der Waals surface area contributed by atoms with E-state index in [9.17, 15) is 4.79 Å². The molecule has 0 fully saturated rings. The van der Waals surface area contributed by atoms with E-state index in [1.54, 1.807) is 12.5 Å². The highest BCUT2D eigenvalue weighted by Gasteiger charge is 1.95. The molecule has 0 aliphatic heterocycles. The number of fused-ring (bicyclic) bond motifs is 1. The summed E-state index contributed by atoms with van der Waals surface area (Å²) < 4.78 is 0. The molecule has 1 aromatic heterocycles. The lowest BCUT2D eigenvalue weighted by Gasteiger charge is -1.99. The van der Waals surface area contributed by atoms with Gasteiger partial charge in [0, 0.05) is 5.39 Å². The van der Waals surface area contributed by atoms with Gasteiger partial charge in [0.2, 0.25) is 0 Å². The average Bonchev–Trinajstić information content (AvgIpc) is 2.18. The van der Waals surface area contributed by atoms with Gasteiger partial charge in [0.25, 0.3) is 0 Å². The van der Waals surface area contributed by atoms with Gasteiger partial charge in [0.1, 0.15) is 5.82 Å². The molecule has 0 saturated heterocycles. The fraction of sp³-hybridized carbons (Fsp3) is 0. The van der Waals surface area contributed by atoms with Gasteiger partial charge >= 0.3 is 6.41 Å². The van der Waals surface area contributed by atoms with Crippen LogP contribution in [0.2, 0.25) is 0 Å². The second-order valence-electron chi connectivity index (χ2n) is 2.62. The molecule has 0 atom stereocenters. The molecule has 1 amide bonds. The Hall–Kier alpha value is -1.90. The van der Waals surface area contributed by atoms with E-state index in [-0.39, 0.29) is 0 Å². The van der Waals surface area contributed by atoms with Crippen LogP contribution in [-0.4, -0.2) is 11.4 Å². The van der Waals surface area contributed by atoms with Crippen molar-refractivity contribution in [1.29, 1.82) is 0 Å². The SMILES string of the molecule is O=[C]Nc1ccc2ccccc2n1. The molecule has 0 saturated carbocycles. The standard InChI is InChI=1S/C10H7N2O/c13-7-11-10-6-5-8-3-1-2-4-9(8)12-10/h1-6H,(H,11,12,13). The van der Waals surface area contributed by atoms with Crippen LogP contribution in [-0.2, 0) is 4.79 Å². The molecule has 0 bridgehead atoms. The van der Waals surface area contributed by atoms with Crippen LogP contribution in [0.5, 0.6) is 0 Å². The van der Waals surface area contributed by atoms with E-state index in [2.05, 4.69) is 10.3 Å². The number of anilines is 1. The molecule has 1 radical (unpaired) electrons. The van der Waals surface area contributed by atoms with E-state index in [0.717, 1.165) is 10.9 Å². The number of rotatable bonds is 2. The Balaban J connectivity index is 2.55. The Morgan fingerprint density at radius 1 is 1.15 bits per heavy atom. The van der Waals surface area contributed by atoms with Crippen molar-refractivity contribution in [2.75, 3.05) is 5.32 Å². The van der Waals surface area contributed by atoms with Crippen LogP contribution in [0.1, 0.15) is 0 Å². The number of carbonyl (C=O) groups excluding carboxylic acids is 1. The summed E-state index contributed by atoms with van der Waals surface area (Å²) in [5.41, 5.74) is 0.864. The van der Waals surface area contributed by atoms with Crippen LogP contribution in [0, 0.1) is 0 Å². The first-order valence-corrected chi connectivity index (χ1v) is 3.89. The zero-order valence-corrected chi connectivity index (χ0v) is 6.82. The first-order chi connectivity index (χ1) is 6.40. The summed E-state index contributed by atoms with van der Waals surface area (Å²) in [5.74, 6) is 0.522. The molecule has 63 valence electrons. The molecular weight excluding hydrogens is 164 g/mol. The lowest BCUT2D eigenvalue weighted by atomic mass is 10.2. The largest absolute Gasteiger partial charge is 0.315 e. The van der Waals surface area contributed by atoms with E-state index in [4.69, 9.17) is 0 Å². The third kappa shape index (κ3) is 1.49. The van der Waals surface area contributed by atoms with E-state index in [1.165, 1.54) is 0 Å². The Bertz CT molecular complexity index is 440. The number of pyridine rings is 1. The van der Waals surface area contributed by atoms with E-state index < -0.39 is 0 Å². The summed E-state index contributed by atoms with van der Waals surface area (Å²) in [6.45, 7) is 0. The molecule has 1 aromatic carbocycles. The maximum absolute atomic E-state index is 10.0. The summed E-state index contributed by atoms with van der Waals surface area (Å²) in [4.78, 5) is 14.2. The second-order valence-corrected chi connectivity index (χ2v) is 2.62. The van der Waals surface area contributed by atoms with Crippen LogP contribution in [0.25, 0.3) is 10.9 Å². The quantitative estimate of drug-likeness (QED) is 0.699. The van der Waals surface area contributed by atoms with Gasteiger partial charge < -0.3 is 5.32 Å². The van der Waals surface area contributed by atoms with Gasteiger partial charge in [-0.25, -0.2) is 4.98 Å². The number of nitrogens with zero attached hydrogens (tertiary/aromatic N) is 1. The minimum Gasteiger partial charge on any atom is -0.302 e. The lowest BCUT2D eigenvalue weighted by Crippen LogP contribution is -1.95. The first-order valence-electron chi connectivity index (χ1n) is 3.89. The summed E-state index contributed by atoms with van der Waals surface area (Å²) in [6.07, 6.45) is 1.59. The number of amides is 1.